The minimum absolute atomic E-state index is 0.606. The summed E-state index contributed by atoms with van der Waals surface area (Å²) >= 11 is 3.24. The van der Waals surface area contributed by atoms with Crippen molar-refractivity contribution >= 4 is 23.1 Å². The predicted octanol–water partition coefficient (Wildman–Crippen LogP) is 5.22. The van der Waals surface area contributed by atoms with Crippen LogP contribution >= 0.6 is 23.1 Å². The van der Waals surface area contributed by atoms with Gasteiger partial charge in [-0.05, 0) is 51.5 Å². The van der Waals surface area contributed by atoms with Gasteiger partial charge in [0.25, 0.3) is 0 Å². The smallest absolute Gasteiger partial charge is 0.188 e. The van der Waals surface area contributed by atoms with Crippen molar-refractivity contribution in [3.63, 3.8) is 0 Å². The van der Waals surface area contributed by atoms with Gasteiger partial charge in [0, 0.05) is 28.1 Å². The normalized spacial score (nSPS) is 10.9. The fraction of sp³-hybridized carbons (Fsp3) is 0.350. The maximum absolute atomic E-state index is 5.58. The van der Waals surface area contributed by atoms with E-state index in [4.69, 9.17) is 14.5 Å². The van der Waals surface area contributed by atoms with Gasteiger partial charge < -0.3 is 9.47 Å². The number of rotatable bonds is 7. The summed E-state index contributed by atoms with van der Waals surface area (Å²) in [5, 5.41) is 3.84. The van der Waals surface area contributed by atoms with Crippen LogP contribution in [0.2, 0.25) is 0 Å². The van der Waals surface area contributed by atoms with E-state index in [1.165, 1.54) is 0 Å². The highest BCUT2D eigenvalue weighted by Gasteiger charge is 2.11. The Labute approximate surface area is 168 Å². The van der Waals surface area contributed by atoms with E-state index in [0.717, 1.165) is 55.6 Å². The van der Waals surface area contributed by atoms with E-state index in [9.17, 15) is 0 Å². The summed E-state index contributed by atoms with van der Waals surface area (Å²) in [5.74, 6) is 2.21. The van der Waals surface area contributed by atoms with Crippen molar-refractivity contribution in [1.29, 1.82) is 0 Å². The monoisotopic (exact) mass is 401 g/mol. The second-order valence-electron chi connectivity index (χ2n) is 6.03. The largest absolute Gasteiger partial charge is 0.493 e. The molecule has 2 aromatic heterocycles. The third-order valence-electron chi connectivity index (χ3n) is 4.22. The number of aromatic nitrogens is 3. The standard InChI is InChI=1S/C20H23N3O2S2/c1-6-25-17-8-7-15(9-18(17)24-5)19-23-16(10-26-19)11-27-20-21-13(3)12(2)14(4)22-20/h7-10H,6,11H2,1-5H3. The van der Waals surface area contributed by atoms with E-state index in [1.807, 2.05) is 39.0 Å². The van der Waals surface area contributed by atoms with Crippen LogP contribution in [0.4, 0.5) is 0 Å². The Morgan fingerprint density at radius 1 is 1.04 bits per heavy atom. The molecule has 0 aliphatic heterocycles. The molecule has 0 fully saturated rings. The Bertz CT molecular complexity index is 918. The lowest BCUT2D eigenvalue weighted by Crippen LogP contribution is -1.98. The molecule has 0 saturated carbocycles. The van der Waals surface area contributed by atoms with Crippen LogP contribution in [0.25, 0.3) is 10.6 Å². The van der Waals surface area contributed by atoms with E-state index in [0.29, 0.717) is 6.61 Å². The number of hydrogen-bond donors (Lipinski definition) is 0. The molecular formula is C20H23N3O2S2. The molecule has 3 aromatic rings. The van der Waals surface area contributed by atoms with Gasteiger partial charge in [-0.25, -0.2) is 15.0 Å². The van der Waals surface area contributed by atoms with Gasteiger partial charge in [-0.3, -0.25) is 0 Å². The number of aryl methyl sites for hydroxylation is 2. The molecule has 27 heavy (non-hydrogen) atoms. The molecule has 2 heterocycles. The number of thioether (sulfide) groups is 1. The van der Waals surface area contributed by atoms with Gasteiger partial charge in [-0.2, -0.15) is 0 Å². The third kappa shape index (κ3) is 4.59. The zero-order valence-corrected chi connectivity index (χ0v) is 17.8. The van der Waals surface area contributed by atoms with Gasteiger partial charge in [0.1, 0.15) is 5.01 Å². The van der Waals surface area contributed by atoms with Crippen LogP contribution in [0.3, 0.4) is 0 Å². The summed E-state index contributed by atoms with van der Waals surface area (Å²) in [6.45, 7) is 8.66. The van der Waals surface area contributed by atoms with E-state index in [1.54, 1.807) is 30.2 Å². The average molecular weight is 402 g/mol. The zero-order chi connectivity index (χ0) is 19.4. The quantitative estimate of drug-likeness (QED) is 0.399. The van der Waals surface area contributed by atoms with Crippen molar-refractivity contribution in [2.75, 3.05) is 13.7 Å². The molecule has 0 amide bonds. The van der Waals surface area contributed by atoms with Crippen LogP contribution in [0, 0.1) is 20.8 Å². The fourth-order valence-corrected chi connectivity index (χ4v) is 4.28. The molecule has 0 spiro atoms. The second kappa shape index (κ2) is 8.71. The van der Waals surface area contributed by atoms with Gasteiger partial charge >= 0.3 is 0 Å². The first kappa shape index (κ1) is 19.6. The SMILES string of the molecule is CCOc1ccc(-c2nc(CSc3nc(C)c(C)c(C)n3)cs2)cc1OC. The predicted molar refractivity (Wildman–Crippen MR) is 111 cm³/mol. The van der Waals surface area contributed by atoms with Gasteiger partial charge in [0.15, 0.2) is 16.7 Å². The Kier molecular flexibility index (Phi) is 6.34. The van der Waals surface area contributed by atoms with Crippen molar-refractivity contribution in [3.05, 3.63) is 46.2 Å². The lowest BCUT2D eigenvalue weighted by atomic mass is 10.2. The van der Waals surface area contributed by atoms with Gasteiger partial charge in [0.2, 0.25) is 0 Å². The molecule has 0 bridgehead atoms. The fourth-order valence-electron chi connectivity index (χ4n) is 2.53. The molecule has 0 aliphatic rings. The van der Waals surface area contributed by atoms with Crippen LogP contribution in [0.1, 0.15) is 29.6 Å². The van der Waals surface area contributed by atoms with E-state index >= 15 is 0 Å². The molecule has 0 saturated heterocycles. The highest BCUT2D eigenvalue weighted by atomic mass is 32.2. The average Bonchev–Trinajstić information content (AvgIpc) is 3.14. The molecular weight excluding hydrogens is 378 g/mol. The van der Waals surface area contributed by atoms with Gasteiger partial charge in [-0.15, -0.1) is 11.3 Å². The minimum Gasteiger partial charge on any atom is -0.493 e. The molecule has 0 radical (unpaired) electrons. The van der Waals surface area contributed by atoms with Crippen LogP contribution in [-0.2, 0) is 5.75 Å². The summed E-state index contributed by atoms with van der Waals surface area (Å²) in [6, 6.07) is 5.91. The van der Waals surface area contributed by atoms with Crippen molar-refractivity contribution in [3.8, 4) is 22.1 Å². The lowest BCUT2D eigenvalue weighted by molar-refractivity contribution is 0.311. The number of benzene rings is 1. The highest BCUT2D eigenvalue weighted by Crippen LogP contribution is 2.34. The molecule has 3 rings (SSSR count). The molecule has 0 aliphatic carbocycles. The maximum atomic E-state index is 5.58. The molecule has 0 N–H and O–H groups in total. The second-order valence-corrected chi connectivity index (χ2v) is 7.83. The Hall–Kier alpha value is -2.12. The van der Waals surface area contributed by atoms with E-state index in [-0.39, 0.29) is 0 Å². The lowest BCUT2D eigenvalue weighted by Gasteiger charge is -2.09. The maximum Gasteiger partial charge on any atom is 0.188 e. The Morgan fingerprint density at radius 2 is 1.78 bits per heavy atom. The molecule has 0 atom stereocenters. The van der Waals surface area contributed by atoms with Crippen molar-refractivity contribution in [2.45, 2.75) is 38.6 Å². The molecule has 142 valence electrons. The van der Waals surface area contributed by atoms with Crippen LogP contribution in [-0.4, -0.2) is 28.7 Å². The summed E-state index contributed by atoms with van der Waals surface area (Å²) in [5.41, 5.74) is 5.26. The number of thiazole rings is 1. The number of ether oxygens (including phenoxy) is 2. The molecule has 1 aromatic carbocycles. The summed E-state index contributed by atoms with van der Waals surface area (Å²) in [4.78, 5) is 13.9. The molecule has 7 heteroatoms. The first-order valence-corrected chi connectivity index (χ1v) is 10.6. The summed E-state index contributed by atoms with van der Waals surface area (Å²) in [6.07, 6.45) is 0. The van der Waals surface area contributed by atoms with Gasteiger partial charge in [-0.1, -0.05) is 11.8 Å². The third-order valence-corrected chi connectivity index (χ3v) is 6.04. The minimum atomic E-state index is 0.606. The van der Waals surface area contributed by atoms with Crippen molar-refractivity contribution in [1.82, 2.24) is 15.0 Å². The molecule has 0 unspecified atom stereocenters. The van der Waals surface area contributed by atoms with Crippen LogP contribution < -0.4 is 9.47 Å². The Balaban J connectivity index is 1.73. The van der Waals surface area contributed by atoms with Crippen LogP contribution in [0.5, 0.6) is 11.5 Å². The first-order chi connectivity index (χ1) is 13.0. The number of hydrogen-bond acceptors (Lipinski definition) is 7. The number of methoxy groups -OCH3 is 1. The Morgan fingerprint density at radius 3 is 2.44 bits per heavy atom. The van der Waals surface area contributed by atoms with E-state index < -0.39 is 0 Å². The van der Waals surface area contributed by atoms with Gasteiger partial charge in [0.05, 0.1) is 19.4 Å². The van der Waals surface area contributed by atoms with Crippen molar-refractivity contribution < 1.29 is 9.47 Å². The zero-order valence-electron chi connectivity index (χ0n) is 16.2. The summed E-state index contributed by atoms with van der Waals surface area (Å²) < 4.78 is 11.0. The summed E-state index contributed by atoms with van der Waals surface area (Å²) in [7, 11) is 1.65. The van der Waals surface area contributed by atoms with E-state index in [2.05, 4.69) is 22.3 Å². The van der Waals surface area contributed by atoms with Crippen LogP contribution in [0.15, 0.2) is 28.7 Å². The number of nitrogens with zero attached hydrogens (tertiary/aromatic N) is 3. The van der Waals surface area contributed by atoms with Crippen molar-refractivity contribution in [2.24, 2.45) is 0 Å². The first-order valence-electron chi connectivity index (χ1n) is 8.72. The molecule has 5 nitrogen and oxygen atoms in total. The topological polar surface area (TPSA) is 57.1 Å². The highest BCUT2D eigenvalue weighted by molar-refractivity contribution is 7.98.